The topological polar surface area (TPSA) is 64.1 Å². The van der Waals surface area contributed by atoms with Crippen LogP contribution in [0, 0.1) is 5.92 Å². The number of hydrogen-bond acceptors (Lipinski definition) is 4. The fourth-order valence-electron chi connectivity index (χ4n) is 2.82. The number of nitrogens with one attached hydrogen (secondary N) is 1. The molecule has 27 heavy (non-hydrogen) atoms. The summed E-state index contributed by atoms with van der Waals surface area (Å²) in [5.74, 6) is 0.433. The zero-order valence-corrected chi connectivity index (χ0v) is 15.8. The number of amides is 1. The van der Waals surface area contributed by atoms with Crippen LogP contribution in [-0.2, 0) is 4.74 Å². The SMILES string of the molecule is CC(C)COCCCNC(=O)c1cc(-c2ccncc2)nc2ccccc12. The molecule has 3 rings (SSSR count). The van der Waals surface area contributed by atoms with Crippen LogP contribution < -0.4 is 5.32 Å². The molecule has 5 heteroatoms. The Balaban J connectivity index is 1.75. The molecule has 1 N–H and O–H groups in total. The summed E-state index contributed by atoms with van der Waals surface area (Å²) < 4.78 is 5.56. The highest BCUT2D eigenvalue weighted by Crippen LogP contribution is 2.24. The van der Waals surface area contributed by atoms with Gasteiger partial charge in [-0.3, -0.25) is 9.78 Å². The summed E-state index contributed by atoms with van der Waals surface area (Å²) in [5.41, 5.74) is 3.14. The van der Waals surface area contributed by atoms with Crippen LogP contribution in [0.5, 0.6) is 0 Å². The van der Waals surface area contributed by atoms with Crippen molar-refractivity contribution in [3.05, 3.63) is 60.4 Å². The highest BCUT2D eigenvalue weighted by molar-refractivity contribution is 6.07. The number of carbonyl (C=O) groups is 1. The first-order valence-corrected chi connectivity index (χ1v) is 9.31. The van der Waals surface area contributed by atoms with Crippen LogP contribution in [0.25, 0.3) is 22.2 Å². The van der Waals surface area contributed by atoms with Gasteiger partial charge in [0, 0.05) is 43.1 Å². The molecule has 0 bridgehead atoms. The van der Waals surface area contributed by atoms with Crippen LogP contribution >= 0.6 is 0 Å². The van der Waals surface area contributed by atoms with Crippen LogP contribution in [0.3, 0.4) is 0 Å². The van der Waals surface area contributed by atoms with Crippen LogP contribution in [-0.4, -0.2) is 35.6 Å². The van der Waals surface area contributed by atoms with Gasteiger partial charge in [-0.2, -0.15) is 0 Å². The van der Waals surface area contributed by atoms with Crippen LogP contribution in [0.2, 0.25) is 0 Å². The summed E-state index contributed by atoms with van der Waals surface area (Å²) in [4.78, 5) is 21.5. The number of pyridine rings is 2. The Labute approximate surface area is 159 Å². The predicted molar refractivity (Wildman–Crippen MR) is 108 cm³/mol. The van der Waals surface area contributed by atoms with Crippen molar-refractivity contribution in [3.8, 4) is 11.3 Å². The second-order valence-corrected chi connectivity index (χ2v) is 6.89. The van der Waals surface area contributed by atoms with Crippen molar-refractivity contribution in [2.45, 2.75) is 20.3 Å². The molecule has 2 heterocycles. The van der Waals surface area contributed by atoms with Gasteiger partial charge in [-0.25, -0.2) is 4.98 Å². The lowest BCUT2D eigenvalue weighted by atomic mass is 10.0. The molecule has 0 saturated heterocycles. The number of benzene rings is 1. The molecule has 1 amide bonds. The Morgan fingerprint density at radius 1 is 1.15 bits per heavy atom. The van der Waals surface area contributed by atoms with Gasteiger partial charge in [-0.15, -0.1) is 0 Å². The van der Waals surface area contributed by atoms with E-state index >= 15 is 0 Å². The van der Waals surface area contributed by atoms with E-state index in [4.69, 9.17) is 9.72 Å². The van der Waals surface area contributed by atoms with Crippen LogP contribution in [0.1, 0.15) is 30.6 Å². The smallest absolute Gasteiger partial charge is 0.252 e. The Bertz CT molecular complexity index is 894. The third kappa shape index (κ3) is 5.11. The first-order valence-electron chi connectivity index (χ1n) is 9.31. The van der Waals surface area contributed by atoms with E-state index in [-0.39, 0.29) is 5.91 Å². The fourth-order valence-corrected chi connectivity index (χ4v) is 2.82. The van der Waals surface area contributed by atoms with Crippen LogP contribution in [0.15, 0.2) is 54.9 Å². The molecule has 0 saturated carbocycles. The monoisotopic (exact) mass is 363 g/mol. The van der Waals surface area contributed by atoms with Crippen molar-refractivity contribution in [2.75, 3.05) is 19.8 Å². The number of fused-ring (bicyclic) bond motifs is 1. The third-order valence-electron chi connectivity index (χ3n) is 4.14. The number of carbonyl (C=O) groups excluding carboxylic acids is 1. The van der Waals surface area contributed by atoms with E-state index in [2.05, 4.69) is 24.1 Å². The molecule has 0 fully saturated rings. The second kappa shape index (κ2) is 9.24. The predicted octanol–water partition coefficient (Wildman–Crippen LogP) is 4.09. The standard InChI is InChI=1S/C22H25N3O2/c1-16(2)15-27-13-5-10-24-22(26)19-14-21(17-8-11-23-12-9-17)25-20-7-4-3-6-18(19)20/h3-4,6-9,11-12,14,16H,5,10,13,15H2,1-2H3,(H,24,26). The van der Waals surface area contributed by atoms with Gasteiger partial charge in [0.2, 0.25) is 0 Å². The van der Waals surface area contributed by atoms with Gasteiger partial charge < -0.3 is 10.1 Å². The number of nitrogens with zero attached hydrogens (tertiary/aromatic N) is 2. The Hall–Kier alpha value is -2.79. The normalized spacial score (nSPS) is 11.1. The molecule has 0 spiro atoms. The minimum Gasteiger partial charge on any atom is -0.381 e. The van der Waals surface area contributed by atoms with Crippen molar-refractivity contribution >= 4 is 16.8 Å². The summed E-state index contributed by atoms with van der Waals surface area (Å²) in [6, 6.07) is 13.3. The Morgan fingerprint density at radius 2 is 1.93 bits per heavy atom. The van der Waals surface area contributed by atoms with Gasteiger partial charge in [-0.1, -0.05) is 32.0 Å². The van der Waals surface area contributed by atoms with E-state index in [9.17, 15) is 4.79 Å². The van der Waals surface area contributed by atoms with E-state index in [1.807, 2.05) is 42.5 Å². The van der Waals surface area contributed by atoms with Gasteiger partial charge in [0.15, 0.2) is 0 Å². The zero-order chi connectivity index (χ0) is 19.1. The number of ether oxygens (including phenoxy) is 1. The van der Waals surface area contributed by atoms with E-state index in [1.165, 1.54) is 0 Å². The maximum atomic E-state index is 12.8. The number of hydrogen-bond donors (Lipinski definition) is 1. The third-order valence-corrected chi connectivity index (χ3v) is 4.14. The molecule has 5 nitrogen and oxygen atoms in total. The molecule has 0 aliphatic rings. The average Bonchev–Trinajstić information content (AvgIpc) is 2.70. The molecule has 0 aliphatic heterocycles. The van der Waals surface area contributed by atoms with Gasteiger partial charge in [-0.05, 0) is 36.6 Å². The molecule has 140 valence electrons. The van der Waals surface area contributed by atoms with Crippen molar-refractivity contribution < 1.29 is 9.53 Å². The molecule has 0 unspecified atom stereocenters. The molecule has 1 aromatic carbocycles. The fraction of sp³-hybridized carbons (Fsp3) is 0.318. The molecule has 0 aliphatic carbocycles. The largest absolute Gasteiger partial charge is 0.381 e. The number of aromatic nitrogens is 2. The number of para-hydroxylation sites is 1. The van der Waals surface area contributed by atoms with Crippen molar-refractivity contribution in [1.29, 1.82) is 0 Å². The highest BCUT2D eigenvalue weighted by atomic mass is 16.5. The molecule has 0 atom stereocenters. The van der Waals surface area contributed by atoms with Crippen molar-refractivity contribution in [2.24, 2.45) is 5.92 Å². The lowest BCUT2D eigenvalue weighted by Gasteiger charge is -2.11. The molecule has 2 aromatic heterocycles. The van der Waals surface area contributed by atoms with Crippen molar-refractivity contribution in [1.82, 2.24) is 15.3 Å². The maximum absolute atomic E-state index is 12.8. The van der Waals surface area contributed by atoms with Gasteiger partial charge in [0.05, 0.1) is 16.8 Å². The summed E-state index contributed by atoms with van der Waals surface area (Å²) >= 11 is 0. The van der Waals surface area contributed by atoms with E-state index in [0.717, 1.165) is 35.2 Å². The van der Waals surface area contributed by atoms with Crippen molar-refractivity contribution in [3.63, 3.8) is 0 Å². The quantitative estimate of drug-likeness (QED) is 0.612. The lowest BCUT2D eigenvalue weighted by Crippen LogP contribution is -2.25. The summed E-state index contributed by atoms with van der Waals surface area (Å²) in [7, 11) is 0. The molecular formula is C22H25N3O2. The average molecular weight is 363 g/mol. The van der Waals surface area contributed by atoms with Gasteiger partial charge >= 0.3 is 0 Å². The Morgan fingerprint density at radius 3 is 2.70 bits per heavy atom. The summed E-state index contributed by atoms with van der Waals surface area (Å²) in [6.07, 6.45) is 4.24. The van der Waals surface area contributed by atoms with E-state index < -0.39 is 0 Å². The first-order chi connectivity index (χ1) is 13.1. The molecular weight excluding hydrogens is 338 g/mol. The summed E-state index contributed by atoms with van der Waals surface area (Å²) in [5, 5.41) is 3.85. The minimum atomic E-state index is -0.0900. The van der Waals surface area contributed by atoms with Crippen LogP contribution in [0.4, 0.5) is 0 Å². The maximum Gasteiger partial charge on any atom is 0.252 e. The van der Waals surface area contributed by atoms with Gasteiger partial charge in [0.1, 0.15) is 0 Å². The Kier molecular flexibility index (Phi) is 6.49. The minimum absolute atomic E-state index is 0.0900. The lowest BCUT2D eigenvalue weighted by molar-refractivity contribution is 0.0926. The number of rotatable bonds is 8. The van der Waals surface area contributed by atoms with Gasteiger partial charge in [0.25, 0.3) is 5.91 Å². The second-order valence-electron chi connectivity index (χ2n) is 6.89. The first kappa shape index (κ1) is 19.0. The molecule has 3 aromatic rings. The molecule has 0 radical (unpaired) electrons. The highest BCUT2D eigenvalue weighted by Gasteiger charge is 2.13. The van der Waals surface area contributed by atoms with E-state index in [0.29, 0.717) is 24.6 Å². The summed E-state index contributed by atoms with van der Waals surface area (Å²) in [6.45, 7) is 6.22. The van der Waals surface area contributed by atoms with E-state index in [1.54, 1.807) is 12.4 Å². The zero-order valence-electron chi connectivity index (χ0n) is 15.8.